The van der Waals surface area contributed by atoms with Crippen LogP contribution in [-0.2, 0) is 11.2 Å². The van der Waals surface area contributed by atoms with Crippen molar-refractivity contribution >= 4 is 5.91 Å². The first kappa shape index (κ1) is 22.8. The number of imidazole rings is 1. The van der Waals surface area contributed by atoms with Gasteiger partial charge in [-0.25, -0.2) is 4.98 Å². The molecule has 160 valence electrons. The minimum atomic E-state index is -0.757. The molecular weight excluding hydrogens is 356 g/mol. The average Bonchev–Trinajstić information content (AvgIpc) is 3.19. The zero-order chi connectivity index (χ0) is 20.5. The summed E-state index contributed by atoms with van der Waals surface area (Å²) in [5.74, 6) is 0.465. The minimum absolute atomic E-state index is 0.0751. The van der Waals surface area contributed by atoms with E-state index in [4.69, 9.17) is 0 Å². The zero-order valence-corrected chi connectivity index (χ0v) is 17.5. The van der Waals surface area contributed by atoms with Crippen molar-refractivity contribution in [2.45, 2.75) is 89.5 Å². The highest BCUT2D eigenvalue weighted by molar-refractivity contribution is 5.82. The highest BCUT2D eigenvalue weighted by Crippen LogP contribution is 2.29. The smallest absolute Gasteiger partial charge is 0.237 e. The molecule has 0 saturated heterocycles. The third-order valence-corrected chi connectivity index (χ3v) is 6.00. The molecule has 0 spiro atoms. The molecule has 7 heteroatoms. The summed E-state index contributed by atoms with van der Waals surface area (Å²) in [5.41, 5.74) is 0.883. The number of carbonyl (C=O) groups is 1. The van der Waals surface area contributed by atoms with Crippen LogP contribution in [0.3, 0.4) is 0 Å². The topological polar surface area (TPSA) is 110 Å². The van der Waals surface area contributed by atoms with Crippen LogP contribution in [0.5, 0.6) is 0 Å². The Bertz CT molecular complexity index is 558. The summed E-state index contributed by atoms with van der Waals surface area (Å²) < 4.78 is 0. The van der Waals surface area contributed by atoms with Gasteiger partial charge in [-0.1, -0.05) is 46.0 Å². The minimum Gasteiger partial charge on any atom is -0.393 e. The molecule has 1 heterocycles. The molecule has 0 aromatic carbocycles. The van der Waals surface area contributed by atoms with E-state index in [-0.39, 0.29) is 24.3 Å². The van der Waals surface area contributed by atoms with Crippen molar-refractivity contribution in [3.8, 4) is 0 Å². The Balaban J connectivity index is 2.02. The molecule has 4 atom stereocenters. The monoisotopic (exact) mass is 394 g/mol. The number of aromatic nitrogens is 2. The van der Waals surface area contributed by atoms with Crippen molar-refractivity contribution in [1.82, 2.24) is 20.6 Å². The van der Waals surface area contributed by atoms with Gasteiger partial charge in [-0.05, 0) is 25.3 Å². The van der Waals surface area contributed by atoms with Gasteiger partial charge in [0.1, 0.15) is 0 Å². The van der Waals surface area contributed by atoms with Gasteiger partial charge in [0.15, 0.2) is 0 Å². The molecule has 1 amide bonds. The fourth-order valence-electron chi connectivity index (χ4n) is 4.00. The molecule has 2 rings (SSSR count). The number of aromatic amines is 1. The van der Waals surface area contributed by atoms with Crippen LogP contribution in [0.1, 0.15) is 64.5 Å². The third kappa shape index (κ3) is 7.18. The number of H-pyrrole nitrogens is 1. The van der Waals surface area contributed by atoms with Crippen LogP contribution in [0.4, 0.5) is 0 Å². The van der Waals surface area contributed by atoms with Crippen LogP contribution < -0.4 is 10.6 Å². The summed E-state index contributed by atoms with van der Waals surface area (Å²) in [7, 11) is 1.76. The Labute approximate surface area is 168 Å². The van der Waals surface area contributed by atoms with Crippen molar-refractivity contribution in [1.29, 1.82) is 0 Å². The Kier molecular flexibility index (Phi) is 9.41. The quantitative estimate of drug-likeness (QED) is 0.393. The first-order valence-electron chi connectivity index (χ1n) is 10.7. The fourth-order valence-corrected chi connectivity index (χ4v) is 4.00. The molecule has 1 aromatic heterocycles. The maximum absolute atomic E-state index is 12.9. The van der Waals surface area contributed by atoms with E-state index >= 15 is 0 Å². The molecule has 2 unspecified atom stereocenters. The van der Waals surface area contributed by atoms with E-state index in [0.29, 0.717) is 12.3 Å². The molecular formula is C21H38N4O3. The number of carbonyl (C=O) groups excluding carboxylic acids is 1. The normalized spacial score (nSPS) is 19.9. The van der Waals surface area contributed by atoms with E-state index in [9.17, 15) is 15.0 Å². The number of aliphatic hydroxyl groups excluding tert-OH is 2. The molecule has 7 nitrogen and oxygen atoms in total. The molecule has 1 aliphatic rings. The van der Waals surface area contributed by atoms with Crippen molar-refractivity contribution in [2.75, 3.05) is 7.05 Å². The average molecular weight is 395 g/mol. The van der Waals surface area contributed by atoms with Gasteiger partial charge in [-0.15, -0.1) is 0 Å². The van der Waals surface area contributed by atoms with Crippen molar-refractivity contribution in [2.24, 2.45) is 11.8 Å². The standard InChI is InChI=1S/C21H38N4O3/c1-14(2)19(26)11-20(27)17(9-15-7-5-4-6-8-15)25-21(28)18(22-3)10-16-12-23-13-24-16/h12-15,17-20,22,26-27H,4-11H2,1-3H3,(H,23,24)(H,25,28)/t17-,18-,19?,20?/m0/s1. The first-order chi connectivity index (χ1) is 13.4. The summed E-state index contributed by atoms with van der Waals surface area (Å²) in [5, 5.41) is 27.2. The van der Waals surface area contributed by atoms with E-state index in [0.717, 1.165) is 25.0 Å². The zero-order valence-electron chi connectivity index (χ0n) is 17.5. The van der Waals surface area contributed by atoms with Gasteiger partial charge < -0.3 is 25.8 Å². The highest BCUT2D eigenvalue weighted by Gasteiger charge is 2.30. The van der Waals surface area contributed by atoms with Crippen molar-refractivity contribution in [3.63, 3.8) is 0 Å². The van der Waals surface area contributed by atoms with Crippen LogP contribution in [0, 0.1) is 11.8 Å². The number of hydrogen-bond acceptors (Lipinski definition) is 5. The Morgan fingerprint density at radius 2 is 1.96 bits per heavy atom. The lowest BCUT2D eigenvalue weighted by molar-refractivity contribution is -0.125. The Morgan fingerprint density at radius 3 is 2.54 bits per heavy atom. The number of aliphatic hydroxyl groups is 2. The number of nitrogens with zero attached hydrogens (tertiary/aromatic N) is 1. The van der Waals surface area contributed by atoms with Gasteiger partial charge in [0.2, 0.25) is 5.91 Å². The van der Waals surface area contributed by atoms with Crippen LogP contribution >= 0.6 is 0 Å². The first-order valence-corrected chi connectivity index (χ1v) is 10.7. The lowest BCUT2D eigenvalue weighted by Gasteiger charge is -2.32. The molecule has 1 fully saturated rings. The summed E-state index contributed by atoms with van der Waals surface area (Å²) >= 11 is 0. The second-order valence-corrected chi connectivity index (χ2v) is 8.59. The van der Waals surface area contributed by atoms with E-state index in [2.05, 4.69) is 20.6 Å². The van der Waals surface area contributed by atoms with Crippen LogP contribution in [0.2, 0.25) is 0 Å². The summed E-state index contributed by atoms with van der Waals surface area (Å²) in [6.45, 7) is 3.88. The maximum atomic E-state index is 12.9. The number of rotatable bonds is 11. The number of amides is 1. The SMILES string of the molecule is CN[C@@H](Cc1cnc[nH]1)C(=O)N[C@@H](CC1CCCCC1)C(O)CC(O)C(C)C. The molecule has 1 aromatic rings. The lowest BCUT2D eigenvalue weighted by atomic mass is 9.82. The van der Waals surface area contributed by atoms with Gasteiger partial charge in [-0.3, -0.25) is 4.79 Å². The molecule has 0 aliphatic heterocycles. The predicted octanol–water partition coefficient (Wildman–Crippen LogP) is 1.76. The predicted molar refractivity (Wildman–Crippen MR) is 110 cm³/mol. The molecule has 1 aliphatic carbocycles. The van der Waals surface area contributed by atoms with Gasteiger partial charge >= 0.3 is 0 Å². The van der Waals surface area contributed by atoms with Gasteiger partial charge in [-0.2, -0.15) is 0 Å². The van der Waals surface area contributed by atoms with Crippen LogP contribution in [0.15, 0.2) is 12.5 Å². The third-order valence-electron chi connectivity index (χ3n) is 6.00. The van der Waals surface area contributed by atoms with Crippen LogP contribution in [-0.4, -0.2) is 57.4 Å². The highest BCUT2D eigenvalue weighted by atomic mass is 16.3. The van der Waals surface area contributed by atoms with Gasteiger partial charge in [0.05, 0.1) is 30.6 Å². The maximum Gasteiger partial charge on any atom is 0.237 e. The van der Waals surface area contributed by atoms with Crippen molar-refractivity contribution < 1.29 is 15.0 Å². The van der Waals surface area contributed by atoms with E-state index in [1.54, 1.807) is 19.6 Å². The summed E-state index contributed by atoms with van der Waals surface area (Å²) in [6, 6.07) is -0.752. The Morgan fingerprint density at radius 1 is 1.25 bits per heavy atom. The number of nitrogens with one attached hydrogen (secondary N) is 3. The molecule has 5 N–H and O–H groups in total. The second kappa shape index (κ2) is 11.5. The fraction of sp³-hybridized carbons (Fsp3) is 0.810. The molecule has 28 heavy (non-hydrogen) atoms. The summed E-state index contributed by atoms with van der Waals surface area (Å²) in [6.07, 6.45) is 9.53. The van der Waals surface area contributed by atoms with Crippen LogP contribution in [0.25, 0.3) is 0 Å². The molecule has 0 bridgehead atoms. The molecule has 1 saturated carbocycles. The van der Waals surface area contributed by atoms with E-state index in [1.807, 2.05) is 13.8 Å². The van der Waals surface area contributed by atoms with E-state index < -0.39 is 18.2 Å². The Hall–Kier alpha value is -1.44. The molecule has 0 radical (unpaired) electrons. The largest absolute Gasteiger partial charge is 0.393 e. The van der Waals surface area contributed by atoms with Gasteiger partial charge in [0.25, 0.3) is 0 Å². The van der Waals surface area contributed by atoms with Crippen molar-refractivity contribution in [3.05, 3.63) is 18.2 Å². The van der Waals surface area contributed by atoms with E-state index in [1.165, 1.54) is 19.3 Å². The van der Waals surface area contributed by atoms with Gasteiger partial charge in [0, 0.05) is 24.7 Å². The second-order valence-electron chi connectivity index (χ2n) is 8.59. The number of likely N-dealkylation sites (N-methyl/N-ethyl adjacent to an activating group) is 1. The summed E-state index contributed by atoms with van der Waals surface area (Å²) in [4.78, 5) is 19.9. The lowest BCUT2D eigenvalue weighted by Crippen LogP contribution is -2.52. The number of hydrogen-bond donors (Lipinski definition) is 5.